The van der Waals surface area contributed by atoms with E-state index in [9.17, 15) is 9.59 Å². The van der Waals surface area contributed by atoms with Gasteiger partial charge in [-0.1, -0.05) is 12.1 Å². The van der Waals surface area contributed by atoms with Crippen LogP contribution in [0.15, 0.2) is 53.6 Å². The molecule has 2 amide bonds. The number of rotatable bonds is 6. The summed E-state index contributed by atoms with van der Waals surface area (Å²) in [6.07, 6.45) is 0.741. The molecule has 2 aromatic rings. The van der Waals surface area contributed by atoms with E-state index < -0.39 is 12.0 Å². The Labute approximate surface area is 179 Å². The van der Waals surface area contributed by atoms with E-state index in [1.807, 2.05) is 12.1 Å². The number of fused-ring (bicyclic) bond motifs is 1. The highest BCUT2D eigenvalue weighted by atomic mass is 16.6. The maximum atomic E-state index is 12.2. The highest BCUT2D eigenvalue weighted by molar-refractivity contribution is 5.85. The van der Waals surface area contributed by atoms with Crippen LogP contribution >= 0.6 is 0 Å². The lowest BCUT2D eigenvalue weighted by molar-refractivity contribution is -0.137. The summed E-state index contributed by atoms with van der Waals surface area (Å²) in [5.41, 5.74) is 3.22. The van der Waals surface area contributed by atoms with E-state index in [4.69, 9.17) is 18.9 Å². The lowest BCUT2D eigenvalue weighted by atomic mass is 10.2. The molecule has 1 N–H and O–H groups in total. The molecule has 9 heteroatoms. The number of carbonyl (C=O) groups is 2. The predicted octanol–water partition coefficient (Wildman–Crippen LogP) is 1.21. The molecule has 2 aliphatic heterocycles. The fourth-order valence-electron chi connectivity index (χ4n) is 3.09. The van der Waals surface area contributed by atoms with Gasteiger partial charge in [0.2, 0.25) is 6.10 Å². The number of hydrazone groups is 1. The molecule has 4 rings (SSSR count). The van der Waals surface area contributed by atoms with Crippen molar-refractivity contribution >= 4 is 18.0 Å². The molecule has 0 saturated carbocycles. The van der Waals surface area contributed by atoms with E-state index in [0.29, 0.717) is 43.6 Å². The van der Waals surface area contributed by atoms with Crippen molar-refractivity contribution in [3.05, 3.63) is 54.1 Å². The quantitative estimate of drug-likeness (QED) is 0.552. The first-order valence-corrected chi connectivity index (χ1v) is 9.99. The fourth-order valence-corrected chi connectivity index (χ4v) is 3.09. The van der Waals surface area contributed by atoms with Crippen LogP contribution in [0.4, 0.5) is 0 Å². The first-order chi connectivity index (χ1) is 15.2. The Morgan fingerprint density at radius 3 is 2.61 bits per heavy atom. The molecule has 1 saturated heterocycles. The Morgan fingerprint density at radius 1 is 1.10 bits per heavy atom. The van der Waals surface area contributed by atoms with E-state index in [1.54, 1.807) is 41.3 Å². The summed E-state index contributed by atoms with van der Waals surface area (Å²) in [4.78, 5) is 26.1. The molecule has 9 nitrogen and oxygen atoms in total. The predicted molar refractivity (Wildman–Crippen MR) is 111 cm³/mol. The second-order valence-electron chi connectivity index (χ2n) is 6.95. The van der Waals surface area contributed by atoms with Gasteiger partial charge in [-0.25, -0.2) is 5.43 Å². The van der Waals surface area contributed by atoms with Gasteiger partial charge in [0.05, 0.1) is 19.4 Å². The van der Waals surface area contributed by atoms with Crippen LogP contribution in [0.2, 0.25) is 0 Å². The molecule has 2 aromatic carbocycles. The average molecular weight is 425 g/mol. The number of hydrogen-bond acceptors (Lipinski definition) is 7. The maximum absolute atomic E-state index is 12.2. The maximum Gasteiger partial charge on any atom is 0.284 e. The molecule has 1 atom stereocenters. The largest absolute Gasteiger partial charge is 0.485 e. The van der Waals surface area contributed by atoms with Gasteiger partial charge in [-0.3, -0.25) is 9.59 Å². The van der Waals surface area contributed by atoms with Gasteiger partial charge in [0.25, 0.3) is 11.8 Å². The third-order valence-electron chi connectivity index (χ3n) is 4.80. The fraction of sp³-hybridized carbons (Fsp3) is 0.318. The summed E-state index contributed by atoms with van der Waals surface area (Å²) in [6.45, 7) is 2.40. The van der Waals surface area contributed by atoms with Gasteiger partial charge in [-0.15, -0.1) is 0 Å². The number of morpholine rings is 1. The SMILES string of the molecule is O=C(N/N=C\c1ccc(OCC(=O)N2CCOCC2)cc1)[C@H]1COc2ccccc2O1. The standard InChI is InChI=1S/C22H23N3O6/c26-21(25-9-11-28-12-10-25)15-29-17-7-5-16(6-8-17)13-23-24-22(27)20-14-30-18-3-1-2-4-19(18)31-20/h1-8,13,20H,9-12,14-15H2,(H,24,27)/b23-13-/t20-/m1/s1. The van der Waals surface area contributed by atoms with Gasteiger partial charge >= 0.3 is 0 Å². The van der Waals surface area contributed by atoms with E-state index in [-0.39, 0.29) is 19.1 Å². The molecule has 0 bridgehead atoms. The van der Waals surface area contributed by atoms with Crippen LogP contribution in [0.25, 0.3) is 0 Å². The van der Waals surface area contributed by atoms with Crippen molar-refractivity contribution in [2.45, 2.75) is 6.10 Å². The second-order valence-corrected chi connectivity index (χ2v) is 6.95. The van der Waals surface area contributed by atoms with Crippen molar-refractivity contribution in [1.29, 1.82) is 0 Å². The summed E-state index contributed by atoms with van der Waals surface area (Å²) in [6, 6.07) is 14.2. The Bertz CT molecular complexity index is 941. The van der Waals surface area contributed by atoms with E-state index in [2.05, 4.69) is 10.5 Å². The first-order valence-electron chi connectivity index (χ1n) is 9.99. The topological polar surface area (TPSA) is 98.7 Å². The summed E-state index contributed by atoms with van der Waals surface area (Å²) >= 11 is 0. The van der Waals surface area contributed by atoms with E-state index >= 15 is 0 Å². The van der Waals surface area contributed by atoms with Gasteiger partial charge in [0, 0.05) is 13.1 Å². The summed E-state index contributed by atoms with van der Waals surface area (Å²) in [7, 11) is 0. The highest BCUT2D eigenvalue weighted by Gasteiger charge is 2.27. The van der Waals surface area contributed by atoms with Crippen LogP contribution in [-0.4, -0.2) is 68.5 Å². The molecule has 162 valence electrons. The van der Waals surface area contributed by atoms with Gasteiger partial charge in [0.15, 0.2) is 18.1 Å². The van der Waals surface area contributed by atoms with Crippen LogP contribution in [0, 0.1) is 0 Å². The minimum Gasteiger partial charge on any atom is -0.485 e. The zero-order valence-electron chi connectivity index (χ0n) is 16.9. The van der Waals surface area contributed by atoms with Gasteiger partial charge < -0.3 is 23.8 Å². The first kappa shape index (κ1) is 20.7. The number of nitrogens with zero attached hydrogens (tertiary/aromatic N) is 2. The molecule has 0 aliphatic carbocycles. The summed E-state index contributed by atoms with van der Waals surface area (Å²) in [5.74, 6) is 1.26. The smallest absolute Gasteiger partial charge is 0.284 e. The van der Waals surface area contributed by atoms with Crippen molar-refractivity contribution in [3.63, 3.8) is 0 Å². The van der Waals surface area contributed by atoms with Crippen LogP contribution in [0.1, 0.15) is 5.56 Å². The minimum atomic E-state index is -0.771. The molecule has 0 spiro atoms. The number of carbonyl (C=O) groups excluding carboxylic acids is 2. The second kappa shape index (κ2) is 9.94. The molecule has 0 unspecified atom stereocenters. The Balaban J connectivity index is 1.22. The Morgan fingerprint density at radius 2 is 1.84 bits per heavy atom. The van der Waals surface area contributed by atoms with Crippen molar-refractivity contribution < 1.29 is 28.5 Å². The molecule has 1 fully saturated rings. The van der Waals surface area contributed by atoms with Crippen molar-refractivity contribution in [2.75, 3.05) is 39.5 Å². The van der Waals surface area contributed by atoms with Gasteiger partial charge in [-0.2, -0.15) is 5.10 Å². The molecule has 31 heavy (non-hydrogen) atoms. The van der Waals surface area contributed by atoms with Crippen LogP contribution in [0.3, 0.4) is 0 Å². The van der Waals surface area contributed by atoms with Gasteiger partial charge in [0.1, 0.15) is 12.4 Å². The minimum absolute atomic E-state index is 0.0178. The van der Waals surface area contributed by atoms with Crippen LogP contribution in [-0.2, 0) is 14.3 Å². The zero-order valence-corrected chi connectivity index (χ0v) is 16.9. The van der Waals surface area contributed by atoms with E-state index in [0.717, 1.165) is 5.56 Å². The number of benzene rings is 2. The van der Waals surface area contributed by atoms with Crippen molar-refractivity contribution in [1.82, 2.24) is 10.3 Å². The molecule has 2 heterocycles. The number of hydrogen-bond donors (Lipinski definition) is 1. The highest BCUT2D eigenvalue weighted by Crippen LogP contribution is 2.30. The summed E-state index contributed by atoms with van der Waals surface area (Å²) < 4.78 is 22.0. The third kappa shape index (κ3) is 5.52. The zero-order chi connectivity index (χ0) is 21.5. The molecule has 0 aromatic heterocycles. The molecular formula is C22H23N3O6. The van der Waals surface area contributed by atoms with Crippen molar-refractivity contribution in [2.24, 2.45) is 5.10 Å². The lowest BCUT2D eigenvalue weighted by Gasteiger charge is -2.26. The Kier molecular flexibility index (Phi) is 6.63. The molecule has 0 radical (unpaired) electrons. The molecular weight excluding hydrogens is 402 g/mol. The molecule has 2 aliphatic rings. The third-order valence-corrected chi connectivity index (χ3v) is 4.80. The average Bonchev–Trinajstić information content (AvgIpc) is 2.83. The van der Waals surface area contributed by atoms with E-state index in [1.165, 1.54) is 6.21 Å². The number of amides is 2. The Hall–Kier alpha value is -3.59. The van der Waals surface area contributed by atoms with Crippen LogP contribution < -0.4 is 19.6 Å². The monoisotopic (exact) mass is 425 g/mol. The normalized spacial score (nSPS) is 17.9. The van der Waals surface area contributed by atoms with Crippen LogP contribution in [0.5, 0.6) is 17.2 Å². The number of nitrogens with one attached hydrogen (secondary N) is 1. The number of para-hydroxylation sites is 2. The van der Waals surface area contributed by atoms with Crippen molar-refractivity contribution in [3.8, 4) is 17.2 Å². The lowest BCUT2D eigenvalue weighted by Crippen LogP contribution is -2.42. The van der Waals surface area contributed by atoms with Gasteiger partial charge in [-0.05, 0) is 42.0 Å². The summed E-state index contributed by atoms with van der Waals surface area (Å²) in [5, 5.41) is 3.96. The number of ether oxygens (including phenoxy) is 4.